The van der Waals surface area contributed by atoms with E-state index in [0.29, 0.717) is 0 Å². The fourth-order valence-corrected chi connectivity index (χ4v) is 3.76. The van der Waals surface area contributed by atoms with E-state index in [9.17, 15) is 0 Å². The van der Waals surface area contributed by atoms with Crippen LogP contribution >= 0.6 is 0 Å². The summed E-state index contributed by atoms with van der Waals surface area (Å²) in [6, 6.07) is 23.2. The minimum Gasteiger partial charge on any atom is -0.495 e. The zero-order valence-corrected chi connectivity index (χ0v) is 15.5. The number of aromatic nitrogens is 1. The Morgan fingerprint density at radius 2 is 1.58 bits per heavy atom. The van der Waals surface area contributed by atoms with Crippen molar-refractivity contribution in [3.05, 3.63) is 66.7 Å². The van der Waals surface area contributed by atoms with Gasteiger partial charge in [-0.25, -0.2) is 0 Å². The molecular formula is C22H26N3O+. The van der Waals surface area contributed by atoms with Crippen LogP contribution in [0.25, 0.3) is 11.3 Å². The predicted octanol–water partition coefficient (Wildman–Crippen LogP) is 4.15. The smallest absolute Gasteiger partial charge is 0.205 e. The highest BCUT2D eigenvalue weighted by atomic mass is 16.5. The third-order valence-corrected chi connectivity index (χ3v) is 5.49. The maximum absolute atomic E-state index is 5.53. The number of benzene rings is 2. The van der Waals surface area contributed by atoms with Crippen LogP contribution in [0, 0.1) is 0 Å². The molecule has 4 nitrogen and oxygen atoms in total. The summed E-state index contributed by atoms with van der Waals surface area (Å²) in [5, 5.41) is 0. The van der Waals surface area contributed by atoms with E-state index in [1.165, 1.54) is 22.8 Å². The van der Waals surface area contributed by atoms with Crippen molar-refractivity contribution in [3.8, 4) is 17.0 Å². The minimum atomic E-state index is 0.929. The number of piperazine rings is 1. The molecule has 0 amide bonds. The van der Waals surface area contributed by atoms with Gasteiger partial charge < -0.3 is 14.6 Å². The highest BCUT2D eigenvalue weighted by molar-refractivity contribution is 5.63. The SMILES string of the molecule is COc1ccccc1N1CC[N+](C)(c2ccc(-c3ccccc3)[nH]2)CC1. The Hall–Kier alpha value is -2.72. The maximum atomic E-state index is 5.53. The van der Waals surface area contributed by atoms with Crippen molar-refractivity contribution in [2.45, 2.75) is 0 Å². The van der Waals surface area contributed by atoms with Gasteiger partial charge in [-0.2, -0.15) is 0 Å². The van der Waals surface area contributed by atoms with Gasteiger partial charge in [0.05, 0.1) is 38.6 Å². The molecule has 4 heteroatoms. The first kappa shape index (κ1) is 16.7. The van der Waals surface area contributed by atoms with Crippen molar-refractivity contribution in [3.63, 3.8) is 0 Å². The Kier molecular flexibility index (Phi) is 4.43. The molecule has 1 saturated heterocycles. The molecule has 0 bridgehead atoms. The number of rotatable bonds is 4. The molecular weight excluding hydrogens is 322 g/mol. The molecule has 0 radical (unpaired) electrons. The normalized spacial score (nSPS) is 16.5. The molecule has 1 fully saturated rings. The summed E-state index contributed by atoms with van der Waals surface area (Å²) in [5.41, 5.74) is 3.61. The topological polar surface area (TPSA) is 28.3 Å². The van der Waals surface area contributed by atoms with Gasteiger partial charge in [-0.3, -0.25) is 4.48 Å². The van der Waals surface area contributed by atoms with Crippen LogP contribution < -0.4 is 14.1 Å². The number of hydrogen-bond acceptors (Lipinski definition) is 2. The highest BCUT2D eigenvalue weighted by Gasteiger charge is 2.33. The summed E-state index contributed by atoms with van der Waals surface area (Å²) in [4.78, 5) is 6.08. The van der Waals surface area contributed by atoms with Crippen LogP contribution in [0.15, 0.2) is 66.7 Å². The van der Waals surface area contributed by atoms with Gasteiger partial charge in [0.25, 0.3) is 0 Å². The van der Waals surface area contributed by atoms with Gasteiger partial charge >= 0.3 is 0 Å². The first-order valence-electron chi connectivity index (χ1n) is 9.17. The number of ether oxygens (including phenoxy) is 1. The number of nitrogens with one attached hydrogen (secondary N) is 1. The van der Waals surface area contributed by atoms with Crippen LogP contribution in [0.4, 0.5) is 11.5 Å². The third kappa shape index (κ3) is 3.08. The van der Waals surface area contributed by atoms with Crippen molar-refractivity contribution < 1.29 is 4.74 Å². The van der Waals surface area contributed by atoms with Crippen LogP contribution in [0.3, 0.4) is 0 Å². The molecule has 1 aromatic heterocycles. The fourth-order valence-electron chi connectivity index (χ4n) is 3.76. The molecule has 2 aromatic carbocycles. The quantitative estimate of drug-likeness (QED) is 0.718. The van der Waals surface area contributed by atoms with Crippen molar-refractivity contribution in [1.29, 1.82) is 0 Å². The van der Waals surface area contributed by atoms with Gasteiger partial charge in [0.2, 0.25) is 5.82 Å². The van der Waals surface area contributed by atoms with E-state index in [1.807, 2.05) is 12.1 Å². The molecule has 1 aliphatic rings. The summed E-state index contributed by atoms with van der Waals surface area (Å²) >= 11 is 0. The summed E-state index contributed by atoms with van der Waals surface area (Å²) in [6.07, 6.45) is 0. The largest absolute Gasteiger partial charge is 0.495 e. The molecule has 0 aliphatic carbocycles. The van der Waals surface area contributed by atoms with E-state index in [2.05, 4.69) is 71.5 Å². The summed E-state index contributed by atoms with van der Waals surface area (Å²) in [5.74, 6) is 2.23. The van der Waals surface area contributed by atoms with Gasteiger partial charge in [0.15, 0.2) is 0 Å². The Bertz CT molecular complexity index is 864. The number of anilines is 1. The van der Waals surface area contributed by atoms with Crippen LogP contribution in [-0.4, -0.2) is 45.3 Å². The number of nitrogens with zero attached hydrogens (tertiary/aromatic N) is 2. The zero-order chi connectivity index (χ0) is 18.0. The van der Waals surface area contributed by atoms with Crippen molar-refractivity contribution >= 4 is 11.5 Å². The number of aromatic amines is 1. The number of quaternary nitrogens is 1. The van der Waals surface area contributed by atoms with Crippen LogP contribution in [0.2, 0.25) is 0 Å². The van der Waals surface area contributed by atoms with Crippen molar-refractivity contribution in [2.75, 3.05) is 45.2 Å². The lowest BCUT2D eigenvalue weighted by Gasteiger charge is -2.41. The predicted molar refractivity (Wildman–Crippen MR) is 109 cm³/mol. The second-order valence-corrected chi connectivity index (χ2v) is 7.13. The van der Waals surface area contributed by atoms with E-state index < -0.39 is 0 Å². The number of para-hydroxylation sites is 2. The fraction of sp³-hybridized carbons (Fsp3) is 0.273. The Labute approximate surface area is 155 Å². The van der Waals surface area contributed by atoms with E-state index in [0.717, 1.165) is 36.4 Å². The van der Waals surface area contributed by atoms with E-state index in [-0.39, 0.29) is 0 Å². The lowest BCUT2D eigenvalue weighted by atomic mass is 10.2. The molecule has 3 aromatic rings. The molecule has 134 valence electrons. The van der Waals surface area contributed by atoms with Crippen molar-refractivity contribution in [1.82, 2.24) is 9.47 Å². The lowest BCUT2D eigenvalue weighted by molar-refractivity contribution is 0.301. The number of H-pyrrole nitrogens is 1. The second-order valence-electron chi connectivity index (χ2n) is 7.13. The first-order chi connectivity index (χ1) is 12.7. The first-order valence-corrected chi connectivity index (χ1v) is 9.17. The summed E-state index contributed by atoms with van der Waals surface area (Å²) in [7, 11) is 4.06. The lowest BCUT2D eigenvalue weighted by Crippen LogP contribution is -2.58. The molecule has 1 aliphatic heterocycles. The van der Waals surface area contributed by atoms with Gasteiger partial charge in [0, 0.05) is 6.07 Å². The van der Waals surface area contributed by atoms with Gasteiger partial charge in [-0.1, -0.05) is 42.5 Å². The Balaban J connectivity index is 1.51. The molecule has 0 unspecified atom stereocenters. The average molecular weight is 348 g/mol. The zero-order valence-electron chi connectivity index (χ0n) is 15.5. The molecule has 0 spiro atoms. The van der Waals surface area contributed by atoms with Gasteiger partial charge in [-0.15, -0.1) is 0 Å². The Morgan fingerprint density at radius 1 is 0.885 bits per heavy atom. The summed E-state index contributed by atoms with van der Waals surface area (Å²) in [6.45, 7) is 4.15. The number of likely N-dealkylation sites (N-methyl/N-ethyl adjacent to an activating group) is 1. The molecule has 0 atom stereocenters. The number of methoxy groups -OCH3 is 1. The maximum Gasteiger partial charge on any atom is 0.205 e. The average Bonchev–Trinajstić information content (AvgIpc) is 3.20. The van der Waals surface area contributed by atoms with Gasteiger partial charge in [-0.05, 0) is 23.8 Å². The van der Waals surface area contributed by atoms with E-state index in [4.69, 9.17) is 4.74 Å². The molecule has 4 rings (SSSR count). The number of hydrogen-bond donors (Lipinski definition) is 1. The second kappa shape index (κ2) is 6.89. The highest BCUT2D eigenvalue weighted by Crippen LogP contribution is 2.32. The Morgan fingerprint density at radius 3 is 2.31 bits per heavy atom. The van der Waals surface area contributed by atoms with Gasteiger partial charge in [0.1, 0.15) is 18.8 Å². The monoisotopic (exact) mass is 348 g/mol. The third-order valence-electron chi connectivity index (χ3n) is 5.49. The van der Waals surface area contributed by atoms with Crippen LogP contribution in [-0.2, 0) is 0 Å². The molecule has 26 heavy (non-hydrogen) atoms. The summed E-state index contributed by atoms with van der Waals surface area (Å²) < 4.78 is 6.46. The van der Waals surface area contributed by atoms with Crippen LogP contribution in [0.5, 0.6) is 5.75 Å². The standard InChI is InChI=1S/C22H26N3O/c1-25(22-13-12-19(23-22)18-8-4-3-5-9-18)16-14-24(15-17-25)20-10-6-7-11-21(20)26-2/h3-13,23H,14-17H2,1-2H3/q+1. The minimum absolute atomic E-state index is 0.929. The van der Waals surface area contributed by atoms with Crippen LogP contribution in [0.1, 0.15) is 0 Å². The molecule has 1 N–H and O–H groups in total. The van der Waals surface area contributed by atoms with E-state index in [1.54, 1.807) is 7.11 Å². The molecule has 0 saturated carbocycles. The van der Waals surface area contributed by atoms with Crippen molar-refractivity contribution in [2.24, 2.45) is 0 Å². The molecule has 2 heterocycles. The van der Waals surface area contributed by atoms with E-state index >= 15 is 0 Å².